The van der Waals surface area contributed by atoms with Crippen LogP contribution in [0.2, 0.25) is 5.02 Å². The van der Waals surface area contributed by atoms with E-state index in [1.54, 1.807) is 24.1 Å². The summed E-state index contributed by atoms with van der Waals surface area (Å²) in [7, 11) is 0. The lowest BCUT2D eigenvalue weighted by atomic mass is 9.92. The maximum absolute atomic E-state index is 11.0. The minimum atomic E-state index is -0.924. The van der Waals surface area contributed by atoms with Crippen molar-refractivity contribution in [1.82, 2.24) is 4.31 Å². The zero-order valence-electron chi connectivity index (χ0n) is 14.3. The van der Waals surface area contributed by atoms with Gasteiger partial charge in [-0.1, -0.05) is 36.6 Å². The fraction of sp³-hybridized carbons (Fsp3) is 0.350. The molecule has 2 aromatic rings. The van der Waals surface area contributed by atoms with E-state index in [9.17, 15) is 9.90 Å². The first-order chi connectivity index (χ1) is 12.5. The summed E-state index contributed by atoms with van der Waals surface area (Å²) in [6.45, 7) is 0.634. The molecule has 4 nitrogen and oxygen atoms in total. The van der Waals surface area contributed by atoms with E-state index in [1.807, 2.05) is 36.4 Å². The van der Waals surface area contributed by atoms with E-state index in [4.69, 9.17) is 16.7 Å². The SMILES string of the molecule is O=C(O)c1ccc(CN(Sc2ccc(Cl)cc2)C2CCCCC2O)cc1. The smallest absolute Gasteiger partial charge is 0.335 e. The molecule has 1 aliphatic rings. The Balaban J connectivity index is 1.79. The van der Waals surface area contributed by atoms with E-state index in [-0.39, 0.29) is 17.7 Å². The monoisotopic (exact) mass is 391 g/mol. The van der Waals surface area contributed by atoms with Crippen molar-refractivity contribution in [1.29, 1.82) is 0 Å². The van der Waals surface area contributed by atoms with Crippen LogP contribution < -0.4 is 0 Å². The Hall–Kier alpha value is -1.53. The molecule has 2 N–H and O–H groups in total. The van der Waals surface area contributed by atoms with E-state index < -0.39 is 5.97 Å². The number of carboxylic acid groups (broad SMARTS) is 1. The molecule has 2 unspecified atom stereocenters. The molecule has 0 radical (unpaired) electrons. The fourth-order valence-electron chi connectivity index (χ4n) is 3.21. The first-order valence-electron chi connectivity index (χ1n) is 8.73. The van der Waals surface area contributed by atoms with Crippen LogP contribution in [0.15, 0.2) is 53.4 Å². The third kappa shape index (κ3) is 5.01. The van der Waals surface area contributed by atoms with Crippen LogP contribution >= 0.6 is 23.5 Å². The molecule has 2 aromatic carbocycles. The summed E-state index contributed by atoms with van der Waals surface area (Å²) < 4.78 is 2.21. The number of aliphatic hydroxyl groups excluding tert-OH is 1. The van der Waals surface area contributed by atoms with Crippen molar-refractivity contribution >= 4 is 29.5 Å². The van der Waals surface area contributed by atoms with Crippen LogP contribution in [0.25, 0.3) is 0 Å². The second-order valence-electron chi connectivity index (χ2n) is 6.54. The minimum Gasteiger partial charge on any atom is -0.478 e. The van der Waals surface area contributed by atoms with Gasteiger partial charge < -0.3 is 10.2 Å². The molecule has 1 saturated carbocycles. The number of carbonyl (C=O) groups is 1. The van der Waals surface area contributed by atoms with Gasteiger partial charge >= 0.3 is 5.97 Å². The average Bonchev–Trinajstić information content (AvgIpc) is 2.64. The molecule has 3 rings (SSSR count). The Morgan fingerprint density at radius 3 is 2.35 bits per heavy atom. The highest BCUT2D eigenvalue weighted by molar-refractivity contribution is 7.97. The van der Waals surface area contributed by atoms with Gasteiger partial charge in [-0.25, -0.2) is 9.10 Å². The second-order valence-corrected chi connectivity index (χ2v) is 8.10. The number of nitrogens with zero attached hydrogens (tertiary/aromatic N) is 1. The first-order valence-corrected chi connectivity index (χ1v) is 9.88. The molecule has 0 spiro atoms. The summed E-state index contributed by atoms with van der Waals surface area (Å²) in [6.07, 6.45) is 3.60. The van der Waals surface area contributed by atoms with Crippen molar-refractivity contribution in [2.24, 2.45) is 0 Å². The summed E-state index contributed by atoms with van der Waals surface area (Å²) in [5, 5.41) is 20.3. The quantitative estimate of drug-likeness (QED) is 0.689. The van der Waals surface area contributed by atoms with Gasteiger partial charge in [0.1, 0.15) is 0 Å². The molecule has 2 atom stereocenters. The molecular formula is C20H22ClNO3S. The number of halogens is 1. The molecule has 1 fully saturated rings. The number of hydrogen-bond donors (Lipinski definition) is 2. The standard InChI is InChI=1S/C20H22ClNO3S/c21-16-9-11-17(12-10-16)26-22(18-3-1-2-4-19(18)23)13-14-5-7-15(8-6-14)20(24)25/h5-12,18-19,23H,1-4,13H2,(H,24,25). The van der Waals surface area contributed by atoms with Crippen molar-refractivity contribution in [2.75, 3.05) is 0 Å². The van der Waals surface area contributed by atoms with Crippen LogP contribution in [0, 0.1) is 0 Å². The van der Waals surface area contributed by atoms with Crippen LogP contribution in [0.4, 0.5) is 0 Å². The van der Waals surface area contributed by atoms with Crippen molar-refractivity contribution in [3.05, 3.63) is 64.7 Å². The van der Waals surface area contributed by atoms with E-state index in [1.165, 1.54) is 0 Å². The molecule has 0 heterocycles. The lowest BCUT2D eigenvalue weighted by molar-refractivity contribution is 0.0578. The van der Waals surface area contributed by atoms with E-state index in [0.717, 1.165) is 36.1 Å². The van der Waals surface area contributed by atoms with Crippen LogP contribution in [0.5, 0.6) is 0 Å². The number of rotatable bonds is 6. The van der Waals surface area contributed by atoms with Crippen LogP contribution in [-0.4, -0.2) is 32.6 Å². The van der Waals surface area contributed by atoms with Crippen LogP contribution in [0.1, 0.15) is 41.6 Å². The van der Waals surface area contributed by atoms with Gasteiger partial charge in [0.25, 0.3) is 0 Å². The number of benzene rings is 2. The molecular weight excluding hydrogens is 370 g/mol. The molecule has 1 aliphatic carbocycles. The number of aromatic carboxylic acids is 1. The van der Waals surface area contributed by atoms with E-state index >= 15 is 0 Å². The third-order valence-electron chi connectivity index (χ3n) is 4.64. The molecule has 0 amide bonds. The Kier molecular flexibility index (Phi) is 6.59. The van der Waals surface area contributed by atoms with Crippen LogP contribution in [0.3, 0.4) is 0 Å². The number of aliphatic hydroxyl groups is 1. The van der Waals surface area contributed by atoms with Crippen LogP contribution in [-0.2, 0) is 6.54 Å². The fourth-order valence-corrected chi connectivity index (χ4v) is 4.46. The summed E-state index contributed by atoms with van der Waals surface area (Å²) in [5.41, 5.74) is 1.30. The Bertz CT molecular complexity index is 736. The molecule has 138 valence electrons. The minimum absolute atomic E-state index is 0.0728. The number of carboxylic acids is 1. The van der Waals surface area contributed by atoms with Gasteiger partial charge in [0, 0.05) is 22.5 Å². The van der Waals surface area contributed by atoms with Crippen molar-refractivity contribution < 1.29 is 15.0 Å². The van der Waals surface area contributed by atoms with Gasteiger partial charge in [0.05, 0.1) is 11.7 Å². The lowest BCUT2D eigenvalue weighted by Crippen LogP contribution is -2.41. The zero-order valence-corrected chi connectivity index (χ0v) is 15.9. The molecule has 6 heteroatoms. The van der Waals surface area contributed by atoms with Gasteiger partial charge in [-0.3, -0.25) is 0 Å². The highest BCUT2D eigenvalue weighted by Crippen LogP contribution is 2.34. The average molecular weight is 392 g/mol. The van der Waals surface area contributed by atoms with E-state index in [0.29, 0.717) is 11.6 Å². The van der Waals surface area contributed by atoms with Crippen molar-refractivity contribution in [2.45, 2.75) is 49.3 Å². The first kappa shape index (κ1) is 19.2. The maximum Gasteiger partial charge on any atom is 0.335 e. The highest BCUT2D eigenvalue weighted by atomic mass is 35.5. The van der Waals surface area contributed by atoms with Gasteiger partial charge in [0.2, 0.25) is 0 Å². The van der Waals surface area contributed by atoms with Gasteiger partial charge in [-0.05, 0) is 66.8 Å². The second kappa shape index (κ2) is 8.91. The topological polar surface area (TPSA) is 60.8 Å². The predicted molar refractivity (Wildman–Crippen MR) is 105 cm³/mol. The van der Waals surface area contributed by atoms with Gasteiger partial charge in [-0.2, -0.15) is 0 Å². The summed E-state index contributed by atoms with van der Waals surface area (Å²) >= 11 is 7.59. The molecule has 26 heavy (non-hydrogen) atoms. The van der Waals surface area contributed by atoms with Crippen molar-refractivity contribution in [3.63, 3.8) is 0 Å². The van der Waals surface area contributed by atoms with Gasteiger partial charge in [0.15, 0.2) is 0 Å². The number of hydrogen-bond acceptors (Lipinski definition) is 4. The summed E-state index contributed by atoms with van der Waals surface area (Å²) in [6, 6.07) is 14.7. The summed E-state index contributed by atoms with van der Waals surface area (Å²) in [5.74, 6) is -0.924. The Labute approximate surface area is 162 Å². The Morgan fingerprint density at radius 1 is 1.08 bits per heavy atom. The largest absolute Gasteiger partial charge is 0.478 e. The van der Waals surface area contributed by atoms with Crippen molar-refractivity contribution in [3.8, 4) is 0 Å². The molecule has 0 saturated heterocycles. The molecule has 0 aromatic heterocycles. The molecule has 0 aliphatic heterocycles. The Morgan fingerprint density at radius 2 is 1.73 bits per heavy atom. The highest BCUT2D eigenvalue weighted by Gasteiger charge is 2.29. The zero-order chi connectivity index (χ0) is 18.5. The van der Waals surface area contributed by atoms with E-state index in [2.05, 4.69) is 4.31 Å². The van der Waals surface area contributed by atoms with Gasteiger partial charge in [-0.15, -0.1) is 0 Å². The summed E-state index contributed by atoms with van der Waals surface area (Å²) in [4.78, 5) is 12.1. The molecule has 0 bridgehead atoms. The predicted octanol–water partition coefficient (Wildman–Crippen LogP) is 4.85. The third-order valence-corrected chi connectivity index (χ3v) is 6.01. The maximum atomic E-state index is 11.0. The lowest BCUT2D eigenvalue weighted by Gasteiger charge is -2.36. The normalized spacial score (nSPS) is 20.3.